The minimum Gasteiger partial charge on any atom is -0.493 e. The number of methoxy groups -OCH3 is 2. The molecular formula is C30H26ClN3O3S. The topological polar surface area (TPSA) is 84.2 Å². The molecule has 0 fully saturated rings. The highest BCUT2D eigenvalue weighted by molar-refractivity contribution is 8.00. The van der Waals surface area contributed by atoms with Gasteiger partial charge in [0.15, 0.2) is 11.5 Å². The van der Waals surface area contributed by atoms with Crippen molar-refractivity contribution in [2.24, 2.45) is 0 Å². The van der Waals surface area contributed by atoms with Crippen LogP contribution in [0.1, 0.15) is 18.1 Å². The van der Waals surface area contributed by atoms with E-state index in [0.717, 1.165) is 28.8 Å². The number of aromatic nitrogens is 1. The normalized spacial score (nSPS) is 10.5. The molecule has 6 nitrogen and oxygen atoms in total. The fourth-order valence-electron chi connectivity index (χ4n) is 4.00. The summed E-state index contributed by atoms with van der Waals surface area (Å²) in [7, 11) is 3.14. The number of nitrogens with one attached hydrogen (secondary N) is 1. The largest absolute Gasteiger partial charge is 0.493 e. The van der Waals surface area contributed by atoms with E-state index in [1.165, 1.54) is 11.8 Å². The van der Waals surface area contributed by atoms with Gasteiger partial charge in [-0.3, -0.25) is 4.79 Å². The summed E-state index contributed by atoms with van der Waals surface area (Å²) < 4.78 is 10.9. The van der Waals surface area contributed by atoms with Gasteiger partial charge in [-0.15, -0.1) is 0 Å². The Labute approximate surface area is 231 Å². The van der Waals surface area contributed by atoms with E-state index in [0.29, 0.717) is 38.4 Å². The Balaban J connectivity index is 1.74. The molecule has 4 rings (SSSR count). The summed E-state index contributed by atoms with van der Waals surface area (Å²) in [5, 5.41) is 14.2. The molecule has 0 radical (unpaired) electrons. The summed E-state index contributed by atoms with van der Waals surface area (Å²) in [6.45, 7) is 2.04. The molecule has 0 atom stereocenters. The molecule has 0 aliphatic carbocycles. The molecule has 0 aliphatic rings. The Bertz CT molecular complexity index is 1500. The van der Waals surface area contributed by atoms with E-state index in [1.807, 2.05) is 61.5 Å². The molecule has 38 heavy (non-hydrogen) atoms. The number of amides is 1. The zero-order chi connectivity index (χ0) is 27.1. The van der Waals surface area contributed by atoms with Gasteiger partial charge in [-0.1, -0.05) is 66.7 Å². The van der Waals surface area contributed by atoms with Crippen molar-refractivity contribution in [3.05, 3.63) is 88.9 Å². The Hall–Kier alpha value is -3.99. The predicted molar refractivity (Wildman–Crippen MR) is 153 cm³/mol. The van der Waals surface area contributed by atoms with Gasteiger partial charge in [-0.2, -0.15) is 5.26 Å². The third-order valence-electron chi connectivity index (χ3n) is 5.94. The molecular weight excluding hydrogens is 518 g/mol. The lowest BCUT2D eigenvalue weighted by Gasteiger charge is -2.15. The highest BCUT2D eigenvalue weighted by Gasteiger charge is 2.19. The minimum absolute atomic E-state index is 0.0924. The van der Waals surface area contributed by atoms with Crippen LogP contribution in [0.3, 0.4) is 0 Å². The maximum absolute atomic E-state index is 12.9. The van der Waals surface area contributed by atoms with Crippen LogP contribution in [0.5, 0.6) is 11.5 Å². The van der Waals surface area contributed by atoms with E-state index < -0.39 is 0 Å². The van der Waals surface area contributed by atoms with Crippen LogP contribution in [-0.4, -0.2) is 30.9 Å². The number of nitrogens with zero attached hydrogens (tertiary/aromatic N) is 2. The van der Waals surface area contributed by atoms with Crippen LogP contribution in [-0.2, 0) is 11.2 Å². The number of pyridine rings is 1. The zero-order valence-electron chi connectivity index (χ0n) is 21.2. The fraction of sp³-hybridized carbons (Fsp3) is 0.167. The number of para-hydroxylation sites is 1. The summed E-state index contributed by atoms with van der Waals surface area (Å²) >= 11 is 7.33. The summed E-state index contributed by atoms with van der Waals surface area (Å²) in [6.07, 6.45) is 0.807. The molecule has 0 bridgehead atoms. The number of carbonyl (C=O) groups excluding carboxylic acids is 1. The first-order valence-corrected chi connectivity index (χ1v) is 13.3. The van der Waals surface area contributed by atoms with E-state index in [-0.39, 0.29) is 11.7 Å². The monoisotopic (exact) mass is 543 g/mol. The van der Waals surface area contributed by atoms with Crippen molar-refractivity contribution < 1.29 is 14.3 Å². The standard InChI is InChI=1S/C30H26ClN3O3S/c1-4-19-7-5-6-8-25(19)33-29(35)18-38-30-24(17-32)23(21-11-14-27(36-2)28(15-21)37-3)16-26(34-30)20-9-12-22(31)13-10-20/h5-16H,4,18H2,1-3H3,(H,33,35). The zero-order valence-corrected chi connectivity index (χ0v) is 22.8. The molecule has 0 saturated heterocycles. The van der Waals surface area contributed by atoms with Crippen LogP contribution >= 0.6 is 23.4 Å². The number of carbonyl (C=O) groups is 1. The second-order valence-electron chi connectivity index (χ2n) is 8.27. The van der Waals surface area contributed by atoms with E-state index in [4.69, 9.17) is 26.1 Å². The smallest absolute Gasteiger partial charge is 0.234 e. The summed E-state index contributed by atoms with van der Waals surface area (Å²) in [6, 6.07) is 24.7. The van der Waals surface area contributed by atoms with Crippen LogP contribution in [0, 0.1) is 11.3 Å². The van der Waals surface area contributed by atoms with Gasteiger partial charge in [-0.05, 0) is 53.9 Å². The molecule has 192 valence electrons. The first kappa shape index (κ1) is 27.1. The number of hydrogen-bond acceptors (Lipinski definition) is 6. The lowest BCUT2D eigenvalue weighted by atomic mass is 9.99. The van der Waals surface area contributed by atoms with Crippen LogP contribution in [0.2, 0.25) is 5.02 Å². The van der Waals surface area contributed by atoms with Gasteiger partial charge < -0.3 is 14.8 Å². The third-order valence-corrected chi connectivity index (χ3v) is 7.17. The average Bonchev–Trinajstić information content (AvgIpc) is 2.95. The predicted octanol–water partition coefficient (Wildman–Crippen LogP) is 7.25. The highest BCUT2D eigenvalue weighted by Crippen LogP contribution is 2.38. The van der Waals surface area contributed by atoms with E-state index in [9.17, 15) is 10.1 Å². The number of nitriles is 1. The molecule has 8 heteroatoms. The molecule has 1 heterocycles. The van der Waals surface area contributed by atoms with Crippen molar-refractivity contribution in [2.75, 3.05) is 25.3 Å². The number of hydrogen-bond donors (Lipinski definition) is 1. The van der Waals surface area contributed by atoms with Crippen LogP contribution in [0.4, 0.5) is 5.69 Å². The van der Waals surface area contributed by atoms with E-state index in [2.05, 4.69) is 11.4 Å². The van der Waals surface area contributed by atoms with Crippen molar-refractivity contribution in [1.29, 1.82) is 5.26 Å². The van der Waals surface area contributed by atoms with Gasteiger partial charge in [0.1, 0.15) is 11.1 Å². The summed E-state index contributed by atoms with van der Waals surface area (Å²) in [4.78, 5) is 17.6. The summed E-state index contributed by atoms with van der Waals surface area (Å²) in [5.74, 6) is 1.04. The van der Waals surface area contributed by atoms with Gasteiger partial charge >= 0.3 is 0 Å². The van der Waals surface area contributed by atoms with Crippen LogP contribution in [0.25, 0.3) is 22.4 Å². The van der Waals surface area contributed by atoms with Crippen molar-refractivity contribution >= 4 is 35.0 Å². The van der Waals surface area contributed by atoms with Crippen molar-refractivity contribution in [3.63, 3.8) is 0 Å². The van der Waals surface area contributed by atoms with Gasteiger partial charge in [0.05, 0.1) is 31.2 Å². The SMILES string of the molecule is CCc1ccccc1NC(=O)CSc1nc(-c2ccc(Cl)cc2)cc(-c2ccc(OC)c(OC)c2)c1C#N. The molecule has 3 aromatic carbocycles. The number of ether oxygens (including phenoxy) is 2. The lowest BCUT2D eigenvalue weighted by Crippen LogP contribution is -2.15. The molecule has 0 saturated carbocycles. The molecule has 1 N–H and O–H groups in total. The number of aryl methyl sites for hydroxylation is 1. The Morgan fingerprint density at radius 1 is 1.00 bits per heavy atom. The number of rotatable bonds is 9. The quantitative estimate of drug-likeness (QED) is 0.224. The van der Waals surface area contributed by atoms with Crippen molar-refractivity contribution in [3.8, 4) is 40.0 Å². The number of halogens is 1. The molecule has 4 aromatic rings. The molecule has 0 unspecified atom stereocenters. The fourth-order valence-corrected chi connectivity index (χ4v) is 4.93. The second-order valence-corrected chi connectivity index (χ2v) is 9.67. The molecule has 1 aromatic heterocycles. The first-order chi connectivity index (χ1) is 18.5. The second kappa shape index (κ2) is 12.5. The Kier molecular flexibility index (Phi) is 8.90. The highest BCUT2D eigenvalue weighted by atomic mass is 35.5. The molecule has 0 aliphatic heterocycles. The number of anilines is 1. The Morgan fingerprint density at radius 3 is 2.39 bits per heavy atom. The van der Waals surface area contributed by atoms with Gasteiger partial charge in [0.25, 0.3) is 0 Å². The van der Waals surface area contributed by atoms with Crippen LogP contribution < -0.4 is 14.8 Å². The maximum atomic E-state index is 12.9. The van der Waals surface area contributed by atoms with E-state index in [1.54, 1.807) is 32.4 Å². The summed E-state index contributed by atoms with van der Waals surface area (Å²) in [5.41, 5.74) is 5.15. The van der Waals surface area contributed by atoms with Crippen LogP contribution in [0.15, 0.2) is 77.8 Å². The van der Waals surface area contributed by atoms with Crippen molar-refractivity contribution in [1.82, 2.24) is 4.98 Å². The number of thioether (sulfide) groups is 1. The van der Waals surface area contributed by atoms with E-state index >= 15 is 0 Å². The average molecular weight is 544 g/mol. The number of benzene rings is 3. The maximum Gasteiger partial charge on any atom is 0.234 e. The lowest BCUT2D eigenvalue weighted by molar-refractivity contribution is -0.113. The minimum atomic E-state index is -0.175. The molecule has 0 spiro atoms. The third kappa shape index (κ3) is 6.10. The molecule has 1 amide bonds. The van der Waals surface area contributed by atoms with Crippen molar-refractivity contribution in [2.45, 2.75) is 18.4 Å². The Morgan fingerprint density at radius 2 is 1.71 bits per heavy atom. The van der Waals surface area contributed by atoms with Gasteiger partial charge in [0.2, 0.25) is 5.91 Å². The first-order valence-electron chi connectivity index (χ1n) is 11.9. The van der Waals surface area contributed by atoms with Gasteiger partial charge in [-0.25, -0.2) is 4.98 Å². The van der Waals surface area contributed by atoms with Gasteiger partial charge in [0, 0.05) is 21.8 Å².